The maximum atomic E-state index is 12.9. The number of nitrogens with one attached hydrogen (secondary N) is 1. The molecular formula is C22H28N2O4S. The molecule has 1 aliphatic heterocycles. The van der Waals surface area contributed by atoms with Crippen LogP contribution < -0.4 is 10.1 Å². The number of piperidine rings is 1. The molecule has 1 fully saturated rings. The Hall–Kier alpha value is -2.38. The van der Waals surface area contributed by atoms with Gasteiger partial charge in [0.1, 0.15) is 5.75 Å². The fourth-order valence-electron chi connectivity index (χ4n) is 3.41. The maximum absolute atomic E-state index is 12.9. The first-order chi connectivity index (χ1) is 13.9. The number of carbonyl (C=O) groups excluding carboxylic acids is 1. The van der Waals surface area contributed by atoms with Gasteiger partial charge in [-0.2, -0.15) is 4.31 Å². The third-order valence-corrected chi connectivity index (χ3v) is 6.99. The smallest absolute Gasteiger partial charge is 0.251 e. The van der Waals surface area contributed by atoms with Gasteiger partial charge in [-0.15, -0.1) is 0 Å². The molecule has 3 rings (SSSR count). The van der Waals surface area contributed by atoms with Gasteiger partial charge < -0.3 is 10.1 Å². The van der Waals surface area contributed by atoms with E-state index in [2.05, 4.69) is 5.32 Å². The lowest BCUT2D eigenvalue weighted by Gasteiger charge is -2.26. The molecule has 1 N–H and O–H groups in total. The second kappa shape index (κ2) is 9.41. The Morgan fingerprint density at radius 2 is 1.76 bits per heavy atom. The molecule has 1 amide bonds. The maximum Gasteiger partial charge on any atom is 0.251 e. The van der Waals surface area contributed by atoms with Gasteiger partial charge in [-0.25, -0.2) is 8.42 Å². The Bertz CT molecular complexity index is 949. The van der Waals surface area contributed by atoms with Crippen LogP contribution >= 0.6 is 0 Å². The van der Waals surface area contributed by atoms with Crippen molar-refractivity contribution in [2.24, 2.45) is 0 Å². The summed E-state index contributed by atoms with van der Waals surface area (Å²) in [4.78, 5) is 12.9. The van der Waals surface area contributed by atoms with E-state index in [-0.39, 0.29) is 10.8 Å². The minimum absolute atomic E-state index is 0.177. The molecule has 156 valence electrons. The van der Waals surface area contributed by atoms with E-state index in [1.807, 2.05) is 38.1 Å². The quantitative estimate of drug-likeness (QED) is 0.750. The van der Waals surface area contributed by atoms with Gasteiger partial charge in [0.15, 0.2) is 0 Å². The van der Waals surface area contributed by atoms with Gasteiger partial charge in [-0.3, -0.25) is 4.79 Å². The van der Waals surface area contributed by atoms with Gasteiger partial charge in [0.2, 0.25) is 10.0 Å². The normalized spacial score (nSPS) is 15.1. The SMILES string of the molecule is CCOc1ccc(CNC(=O)c2cc(S(=O)(=O)N3CCCCC3)ccc2C)cc1. The number of ether oxygens (including phenoxy) is 1. The van der Waals surface area contributed by atoms with Crippen molar-refractivity contribution in [2.75, 3.05) is 19.7 Å². The average molecular weight is 417 g/mol. The molecule has 1 heterocycles. The second-order valence-electron chi connectivity index (χ2n) is 7.20. The summed E-state index contributed by atoms with van der Waals surface area (Å²) < 4.78 is 32.8. The summed E-state index contributed by atoms with van der Waals surface area (Å²) in [6, 6.07) is 12.3. The van der Waals surface area contributed by atoms with Crippen molar-refractivity contribution in [3.05, 3.63) is 59.2 Å². The first-order valence-corrected chi connectivity index (χ1v) is 11.5. The highest BCUT2D eigenvalue weighted by atomic mass is 32.2. The zero-order valence-electron chi connectivity index (χ0n) is 17.0. The molecule has 1 aliphatic rings. The van der Waals surface area contributed by atoms with E-state index < -0.39 is 10.0 Å². The summed E-state index contributed by atoms with van der Waals surface area (Å²) in [5, 5.41) is 2.88. The minimum Gasteiger partial charge on any atom is -0.494 e. The molecule has 0 bridgehead atoms. The van der Waals surface area contributed by atoms with Gasteiger partial charge in [-0.05, 0) is 62.1 Å². The molecule has 0 radical (unpaired) electrons. The van der Waals surface area contributed by atoms with Crippen molar-refractivity contribution in [3.8, 4) is 5.75 Å². The standard InChI is InChI=1S/C22H28N2O4S/c1-3-28-19-10-8-18(9-11-19)16-23-22(25)21-15-20(12-7-17(21)2)29(26,27)24-13-5-4-6-14-24/h7-12,15H,3-6,13-14,16H2,1-2H3,(H,23,25). The molecule has 0 saturated carbocycles. The number of hydrogen-bond acceptors (Lipinski definition) is 4. The molecule has 1 saturated heterocycles. The summed E-state index contributed by atoms with van der Waals surface area (Å²) >= 11 is 0. The van der Waals surface area contributed by atoms with Gasteiger partial charge in [0, 0.05) is 25.2 Å². The van der Waals surface area contributed by atoms with E-state index in [0.717, 1.165) is 36.1 Å². The fraction of sp³-hybridized carbons (Fsp3) is 0.409. The van der Waals surface area contributed by atoms with E-state index in [9.17, 15) is 13.2 Å². The predicted molar refractivity (Wildman–Crippen MR) is 113 cm³/mol. The van der Waals surface area contributed by atoms with Crippen molar-refractivity contribution in [1.82, 2.24) is 9.62 Å². The van der Waals surface area contributed by atoms with Crippen molar-refractivity contribution in [3.63, 3.8) is 0 Å². The largest absolute Gasteiger partial charge is 0.494 e. The van der Waals surface area contributed by atoms with Gasteiger partial charge in [-0.1, -0.05) is 24.6 Å². The summed E-state index contributed by atoms with van der Waals surface area (Å²) in [5.74, 6) is 0.501. The van der Waals surface area contributed by atoms with Crippen molar-refractivity contribution < 1.29 is 17.9 Å². The Kier molecular flexibility index (Phi) is 6.92. The van der Waals surface area contributed by atoms with Crippen molar-refractivity contribution in [1.29, 1.82) is 0 Å². The number of sulfonamides is 1. The number of nitrogens with zero attached hydrogens (tertiary/aromatic N) is 1. The first-order valence-electron chi connectivity index (χ1n) is 10.0. The number of benzene rings is 2. The average Bonchev–Trinajstić information content (AvgIpc) is 2.74. The van der Waals surface area contributed by atoms with E-state index in [1.54, 1.807) is 12.1 Å². The zero-order chi connectivity index (χ0) is 20.9. The van der Waals surface area contributed by atoms with Gasteiger partial charge in [0.25, 0.3) is 5.91 Å². The van der Waals surface area contributed by atoms with Gasteiger partial charge >= 0.3 is 0 Å². The number of carbonyl (C=O) groups is 1. The molecule has 0 aromatic heterocycles. The molecule has 0 unspecified atom stereocenters. The topological polar surface area (TPSA) is 75.7 Å². The molecule has 2 aromatic carbocycles. The minimum atomic E-state index is -3.57. The molecule has 6 nitrogen and oxygen atoms in total. The highest BCUT2D eigenvalue weighted by Gasteiger charge is 2.27. The third kappa shape index (κ3) is 5.16. The third-order valence-electron chi connectivity index (χ3n) is 5.09. The zero-order valence-corrected chi connectivity index (χ0v) is 17.8. The lowest BCUT2D eigenvalue weighted by Crippen LogP contribution is -2.35. The first kappa shape index (κ1) is 21.3. The highest BCUT2D eigenvalue weighted by Crippen LogP contribution is 2.23. The monoisotopic (exact) mass is 416 g/mol. The predicted octanol–water partition coefficient (Wildman–Crippen LogP) is 3.50. The van der Waals surface area contributed by atoms with Crippen LogP contribution in [0.5, 0.6) is 5.75 Å². The molecule has 0 aliphatic carbocycles. The van der Waals surface area contributed by atoms with Crippen LogP contribution in [0.25, 0.3) is 0 Å². The molecule has 0 atom stereocenters. The second-order valence-corrected chi connectivity index (χ2v) is 9.14. The van der Waals surface area contributed by atoms with Crippen molar-refractivity contribution in [2.45, 2.75) is 44.6 Å². The Morgan fingerprint density at radius 1 is 1.07 bits per heavy atom. The van der Waals surface area contributed by atoms with Crippen LogP contribution in [0.3, 0.4) is 0 Å². The molecule has 7 heteroatoms. The highest BCUT2D eigenvalue weighted by molar-refractivity contribution is 7.89. The van der Waals surface area contributed by atoms with Gasteiger partial charge in [0.05, 0.1) is 11.5 Å². The van der Waals surface area contributed by atoms with Crippen LogP contribution in [-0.2, 0) is 16.6 Å². The lowest BCUT2D eigenvalue weighted by atomic mass is 10.1. The van der Waals surface area contributed by atoms with Crippen LogP contribution in [0, 0.1) is 6.92 Å². The summed E-state index contributed by atoms with van der Waals surface area (Å²) in [6.45, 7) is 5.77. The van der Waals surface area contributed by atoms with Crippen LogP contribution in [0.15, 0.2) is 47.4 Å². The van der Waals surface area contributed by atoms with E-state index in [0.29, 0.717) is 31.8 Å². The summed E-state index contributed by atoms with van der Waals surface area (Å²) in [6.07, 6.45) is 2.81. The summed E-state index contributed by atoms with van der Waals surface area (Å²) in [5.41, 5.74) is 2.07. The van der Waals surface area contributed by atoms with Crippen LogP contribution in [0.4, 0.5) is 0 Å². The number of rotatable bonds is 7. The van der Waals surface area contributed by atoms with Crippen LogP contribution in [0.1, 0.15) is 47.7 Å². The number of aryl methyl sites for hydroxylation is 1. The fourth-order valence-corrected chi connectivity index (χ4v) is 4.95. The molecule has 2 aromatic rings. The molecule has 0 spiro atoms. The Morgan fingerprint density at radius 3 is 2.41 bits per heavy atom. The van der Waals surface area contributed by atoms with E-state index in [1.165, 1.54) is 10.4 Å². The molecule has 29 heavy (non-hydrogen) atoms. The van der Waals surface area contributed by atoms with E-state index in [4.69, 9.17) is 4.74 Å². The van der Waals surface area contributed by atoms with Crippen LogP contribution in [-0.4, -0.2) is 38.3 Å². The van der Waals surface area contributed by atoms with Crippen molar-refractivity contribution >= 4 is 15.9 Å². The van der Waals surface area contributed by atoms with Crippen LogP contribution in [0.2, 0.25) is 0 Å². The molecular weight excluding hydrogens is 388 g/mol. The lowest BCUT2D eigenvalue weighted by molar-refractivity contribution is 0.0950. The Labute approximate surface area is 172 Å². The number of amides is 1. The van der Waals surface area contributed by atoms with E-state index >= 15 is 0 Å². The number of hydrogen-bond donors (Lipinski definition) is 1. The summed E-state index contributed by atoms with van der Waals surface area (Å²) in [7, 11) is -3.57. The Balaban J connectivity index is 1.72.